The number of nitrogens with zero attached hydrogens (tertiary/aromatic N) is 2. The third-order valence-electron chi connectivity index (χ3n) is 6.04. The molecule has 0 aliphatic carbocycles. The van der Waals surface area contributed by atoms with Crippen molar-refractivity contribution in [2.75, 3.05) is 46.0 Å². The van der Waals surface area contributed by atoms with Crippen LogP contribution in [0.2, 0.25) is 0 Å². The summed E-state index contributed by atoms with van der Waals surface area (Å²) in [7, 11) is 0. The maximum atomic E-state index is 13.2. The normalized spacial score (nSPS) is 20.4. The van der Waals surface area contributed by atoms with Crippen molar-refractivity contribution in [3.05, 3.63) is 71.6 Å². The molecule has 4 rings (SSSR count). The maximum Gasteiger partial charge on any atom is 0.401 e. The van der Waals surface area contributed by atoms with E-state index in [1.165, 1.54) is 4.90 Å². The van der Waals surface area contributed by atoms with E-state index < -0.39 is 18.8 Å². The first-order chi connectivity index (χ1) is 14.8. The van der Waals surface area contributed by atoms with Gasteiger partial charge in [-0.15, -0.1) is 0 Å². The predicted molar refractivity (Wildman–Crippen MR) is 112 cm³/mol. The molecule has 0 amide bonds. The number of hydrogen-bond donors (Lipinski definition) is 0. The van der Waals surface area contributed by atoms with Crippen LogP contribution in [0.4, 0.5) is 17.6 Å². The average molecular weight is 435 g/mol. The number of likely N-dealkylation sites (tertiary alicyclic amines) is 1. The molecule has 3 nitrogen and oxygen atoms in total. The Morgan fingerprint density at radius 1 is 1.06 bits per heavy atom. The topological polar surface area (TPSA) is 15.7 Å². The maximum absolute atomic E-state index is 13.2. The second-order valence-corrected chi connectivity index (χ2v) is 8.47. The number of halogens is 4. The number of alkyl halides is 4. The molecule has 2 aromatic rings. The Labute approximate surface area is 180 Å². The fourth-order valence-electron chi connectivity index (χ4n) is 4.52. The van der Waals surface area contributed by atoms with Crippen molar-refractivity contribution in [1.29, 1.82) is 0 Å². The van der Waals surface area contributed by atoms with Gasteiger partial charge in [0.25, 0.3) is 0 Å². The summed E-state index contributed by atoms with van der Waals surface area (Å²) >= 11 is 0. The van der Waals surface area contributed by atoms with E-state index in [-0.39, 0.29) is 12.6 Å². The van der Waals surface area contributed by atoms with Gasteiger partial charge in [0.15, 0.2) is 0 Å². The molecular weight excluding hydrogens is 408 g/mol. The highest BCUT2D eigenvalue weighted by Gasteiger charge is 2.37. The fraction of sp³-hybridized carbons (Fsp3) is 0.458. The second kappa shape index (κ2) is 9.17. The van der Waals surface area contributed by atoms with Crippen LogP contribution in [0.3, 0.4) is 0 Å². The number of hydrogen-bond acceptors (Lipinski definition) is 3. The van der Waals surface area contributed by atoms with Crippen LogP contribution in [0, 0.1) is 12.8 Å². The molecule has 1 fully saturated rings. The van der Waals surface area contributed by atoms with Crippen LogP contribution in [0.25, 0.3) is 0 Å². The lowest BCUT2D eigenvalue weighted by molar-refractivity contribution is -0.150. The van der Waals surface area contributed by atoms with Gasteiger partial charge < -0.3 is 4.74 Å². The first-order valence-electron chi connectivity index (χ1n) is 10.6. The summed E-state index contributed by atoms with van der Waals surface area (Å²) in [5, 5.41) is 0. The summed E-state index contributed by atoms with van der Waals surface area (Å²) in [6.45, 7) is 5.84. The lowest BCUT2D eigenvalue weighted by Crippen LogP contribution is -2.49. The van der Waals surface area contributed by atoms with Crippen molar-refractivity contribution in [3.63, 3.8) is 0 Å². The molecule has 2 heterocycles. The molecule has 2 aromatic carbocycles. The molecule has 2 aliphatic heterocycles. The highest BCUT2D eigenvalue weighted by Crippen LogP contribution is 2.37. The molecular formula is C24H27F4N2O. The Hall–Kier alpha value is -2.12. The van der Waals surface area contributed by atoms with Gasteiger partial charge in [-0.2, -0.15) is 13.2 Å². The zero-order valence-electron chi connectivity index (χ0n) is 17.4. The van der Waals surface area contributed by atoms with Crippen molar-refractivity contribution >= 4 is 0 Å². The van der Waals surface area contributed by atoms with Crippen LogP contribution in [0.5, 0.6) is 5.75 Å². The minimum Gasteiger partial charge on any atom is -0.492 e. The van der Waals surface area contributed by atoms with E-state index >= 15 is 0 Å². The minimum atomic E-state index is -4.26. The number of rotatable bonds is 7. The largest absolute Gasteiger partial charge is 0.492 e. The van der Waals surface area contributed by atoms with Crippen molar-refractivity contribution < 1.29 is 22.3 Å². The summed E-state index contributed by atoms with van der Waals surface area (Å²) in [4.78, 5) is 3.63. The highest BCUT2D eigenvalue weighted by atomic mass is 19.4. The second-order valence-electron chi connectivity index (χ2n) is 8.47. The van der Waals surface area contributed by atoms with Gasteiger partial charge in [-0.1, -0.05) is 30.3 Å². The monoisotopic (exact) mass is 435 g/mol. The van der Waals surface area contributed by atoms with Gasteiger partial charge in [0.1, 0.15) is 12.4 Å². The van der Waals surface area contributed by atoms with E-state index in [1.807, 2.05) is 42.5 Å². The Morgan fingerprint density at radius 3 is 2.48 bits per heavy atom. The van der Waals surface area contributed by atoms with Crippen LogP contribution < -0.4 is 4.74 Å². The summed E-state index contributed by atoms with van der Waals surface area (Å²) in [6.07, 6.45) is -3.69. The molecule has 7 heteroatoms. The Balaban J connectivity index is 1.46. The molecule has 1 saturated heterocycles. The molecule has 1 atom stereocenters. The molecule has 1 radical (unpaired) electrons. The standard InChI is InChI=1S/C24H27F4N2O/c1-17-2-7-22-20(12-17)8-9-30(16-24(26,27)28)23(22)19-3-5-21(6-4-19)31-11-10-29-14-18(13-25)15-29/h2-7,12,18,23H,1,8-11,13-16H2/t23-/m0/s1. The van der Waals surface area contributed by atoms with E-state index in [9.17, 15) is 17.6 Å². The Kier molecular flexibility index (Phi) is 6.53. The van der Waals surface area contributed by atoms with Crippen LogP contribution in [0.15, 0.2) is 42.5 Å². The van der Waals surface area contributed by atoms with Crippen LogP contribution in [-0.4, -0.2) is 62.0 Å². The van der Waals surface area contributed by atoms with Crippen molar-refractivity contribution in [3.8, 4) is 5.75 Å². The van der Waals surface area contributed by atoms with E-state index in [4.69, 9.17) is 4.74 Å². The molecule has 0 saturated carbocycles. The Morgan fingerprint density at radius 2 is 1.81 bits per heavy atom. The predicted octanol–water partition coefficient (Wildman–Crippen LogP) is 4.66. The smallest absolute Gasteiger partial charge is 0.401 e. The van der Waals surface area contributed by atoms with Gasteiger partial charge in [-0.05, 0) is 47.7 Å². The lowest BCUT2D eigenvalue weighted by Gasteiger charge is -2.38. The van der Waals surface area contributed by atoms with Gasteiger partial charge in [-0.3, -0.25) is 14.2 Å². The van der Waals surface area contributed by atoms with E-state index in [0.29, 0.717) is 25.3 Å². The quantitative estimate of drug-likeness (QED) is 0.589. The van der Waals surface area contributed by atoms with Gasteiger partial charge in [-0.25, -0.2) is 0 Å². The summed E-state index contributed by atoms with van der Waals surface area (Å²) in [6, 6.07) is 12.6. The van der Waals surface area contributed by atoms with Gasteiger partial charge in [0.2, 0.25) is 0 Å². The van der Waals surface area contributed by atoms with Gasteiger partial charge in [0.05, 0.1) is 19.3 Å². The molecule has 0 aromatic heterocycles. The number of ether oxygens (including phenoxy) is 1. The van der Waals surface area contributed by atoms with Gasteiger partial charge in [0, 0.05) is 32.1 Å². The van der Waals surface area contributed by atoms with E-state index in [0.717, 1.165) is 41.9 Å². The van der Waals surface area contributed by atoms with E-state index in [1.54, 1.807) is 0 Å². The third-order valence-corrected chi connectivity index (χ3v) is 6.04. The van der Waals surface area contributed by atoms with Gasteiger partial charge >= 0.3 is 6.18 Å². The van der Waals surface area contributed by atoms with Crippen LogP contribution >= 0.6 is 0 Å². The summed E-state index contributed by atoms with van der Waals surface area (Å²) in [5.41, 5.74) is 3.63. The zero-order valence-corrected chi connectivity index (χ0v) is 17.4. The van der Waals surface area contributed by atoms with Crippen LogP contribution in [0.1, 0.15) is 28.3 Å². The number of benzene rings is 2. The molecule has 0 bridgehead atoms. The first-order valence-corrected chi connectivity index (χ1v) is 10.6. The average Bonchev–Trinajstić information content (AvgIpc) is 2.69. The fourth-order valence-corrected chi connectivity index (χ4v) is 4.52. The molecule has 2 aliphatic rings. The summed E-state index contributed by atoms with van der Waals surface area (Å²) in [5.74, 6) is 0.828. The molecule has 31 heavy (non-hydrogen) atoms. The van der Waals surface area contributed by atoms with Crippen molar-refractivity contribution in [2.24, 2.45) is 5.92 Å². The Bertz CT molecular complexity index is 878. The van der Waals surface area contributed by atoms with Crippen molar-refractivity contribution in [2.45, 2.75) is 18.6 Å². The molecule has 167 valence electrons. The van der Waals surface area contributed by atoms with E-state index in [2.05, 4.69) is 11.8 Å². The lowest BCUT2D eigenvalue weighted by atomic mass is 9.87. The highest BCUT2D eigenvalue weighted by molar-refractivity contribution is 5.43. The molecule has 0 spiro atoms. The van der Waals surface area contributed by atoms with Crippen molar-refractivity contribution in [1.82, 2.24) is 9.80 Å². The third kappa shape index (κ3) is 5.39. The van der Waals surface area contributed by atoms with Crippen LogP contribution in [-0.2, 0) is 6.42 Å². The SMILES string of the molecule is [CH2]c1ccc2c(c1)CCN(CC(F)(F)F)[C@H]2c1ccc(OCCN2CC(CF)C2)cc1. The number of fused-ring (bicyclic) bond motifs is 1. The molecule has 0 unspecified atom stereocenters. The summed E-state index contributed by atoms with van der Waals surface area (Å²) < 4.78 is 57.9. The molecule has 0 N–H and O–H groups in total. The first kappa shape index (κ1) is 22.1. The minimum absolute atomic E-state index is 0.150. The zero-order chi connectivity index (χ0) is 22.0.